The van der Waals surface area contributed by atoms with Gasteiger partial charge in [0.15, 0.2) is 23.1 Å². The Hall–Kier alpha value is -14.2. The van der Waals surface area contributed by atoms with Gasteiger partial charge in [0.2, 0.25) is 0 Å². The Kier molecular flexibility index (Phi) is 31.5. The van der Waals surface area contributed by atoms with Gasteiger partial charge in [0, 0.05) is 71.6 Å². The molecule has 2 aliphatic carbocycles. The second kappa shape index (κ2) is 45.6. The number of unbranched alkanes of at least 4 members (excludes halogenated alkanes) is 16. The van der Waals surface area contributed by atoms with Crippen LogP contribution in [0.15, 0.2) is 394 Å². The van der Waals surface area contributed by atoms with E-state index in [0.717, 1.165) is 274 Å². The first kappa shape index (κ1) is 98.0. The molecule has 0 bridgehead atoms. The number of hydrogen-bond donors (Lipinski definition) is 0. The van der Waals surface area contributed by atoms with Gasteiger partial charge >= 0.3 is 0 Å². The number of Topliss-reactive ketones (excluding diaryl/α,β-unsaturated/α-hetero) is 4. The third kappa shape index (κ3) is 21.0. The number of benzene rings is 16. The molecular weight excluding hydrogens is 1730 g/mol. The van der Waals surface area contributed by atoms with Crippen molar-refractivity contribution in [2.24, 2.45) is 0 Å². The number of carbonyl (C=O) groups is 4. The Labute approximate surface area is 844 Å². The summed E-state index contributed by atoms with van der Waals surface area (Å²) in [6, 6.07) is 142. The van der Waals surface area contributed by atoms with Gasteiger partial charge in [-0.1, -0.05) is 448 Å². The number of anilines is 6. The molecule has 142 heavy (non-hydrogen) atoms. The first-order valence-corrected chi connectivity index (χ1v) is 52.9. The molecule has 0 amide bonds. The zero-order valence-electron chi connectivity index (χ0n) is 84.2. The maximum Gasteiger partial charge on any atom is 0.155 e. The normalized spacial score (nSPS) is 13.0. The summed E-state index contributed by atoms with van der Waals surface area (Å²) in [5.41, 5.74) is 29.0. The monoisotopic (exact) mass is 1860 g/mol. The summed E-state index contributed by atoms with van der Waals surface area (Å²) in [7, 11) is 0. The van der Waals surface area contributed by atoms with Gasteiger partial charge in [-0.25, -0.2) is 0 Å². The predicted octanol–water partition coefficient (Wildman–Crippen LogP) is 36.9. The van der Waals surface area contributed by atoms with E-state index in [1.165, 1.54) is 27.8 Å². The number of fused-ring (bicyclic) bond motifs is 6. The number of para-hydroxylation sites is 3. The lowest BCUT2D eigenvalue weighted by atomic mass is 9.68. The van der Waals surface area contributed by atoms with E-state index < -0.39 is 10.8 Å². The average molecular weight is 1860 g/mol. The van der Waals surface area contributed by atoms with Crippen LogP contribution in [0.25, 0.3) is 77.9 Å². The van der Waals surface area contributed by atoms with Gasteiger partial charge in [0.25, 0.3) is 0 Å². The van der Waals surface area contributed by atoms with Gasteiger partial charge in [-0.3, -0.25) is 19.2 Å². The van der Waals surface area contributed by atoms with E-state index in [1.807, 2.05) is 12.1 Å². The zero-order chi connectivity index (χ0) is 97.9. The molecule has 0 aliphatic heterocycles. The molecule has 16 aromatic rings. The first-order valence-electron chi connectivity index (χ1n) is 52.9. The Balaban J connectivity index is 0.627. The highest BCUT2D eigenvalue weighted by atomic mass is 16.2. The summed E-state index contributed by atoms with van der Waals surface area (Å²) in [6.45, 7) is 15.6. The summed E-state index contributed by atoms with van der Waals surface area (Å²) < 4.78 is 0. The lowest BCUT2D eigenvalue weighted by Gasteiger charge is -2.30. The smallest absolute Gasteiger partial charge is 0.155 e. The summed E-state index contributed by atoms with van der Waals surface area (Å²) in [6.07, 6.45) is 21.2. The Bertz CT molecular complexity index is 6770. The average Bonchev–Trinajstić information content (AvgIpc) is 1.54. The molecule has 18 rings (SSSR count). The SMILES string of the molecule is CCCCCCCC(=O)C1(C(=O)CCCCCCC)c2cc(-c3ccc(C(c4ccccc4)c4ccc(-c5ccc(C(c6ccccc6)c6ccc(-c7ccc8c(c7)C(C(=O)CCCCCCC)(C(=O)CCCCCCC)c7cc(-c9ccc(N(c%10ccccc%10)c%10ccc(C(C)(C)C)cc%10)cc9)ccc7-8)cc6)cc5)cc4)cc3)ccc2-c2ccc(-c3ccc(N(c4ccccc4)c4ccccc4)cc3)cc21. The predicted molar refractivity (Wildman–Crippen MR) is 595 cm³/mol. The number of rotatable bonds is 45. The Morgan fingerprint density at radius 3 is 0.634 bits per heavy atom. The molecule has 0 N–H and O–H groups in total. The van der Waals surface area contributed by atoms with Gasteiger partial charge < -0.3 is 9.80 Å². The van der Waals surface area contributed by atoms with Crippen LogP contribution in [0.4, 0.5) is 34.1 Å². The van der Waals surface area contributed by atoms with Crippen LogP contribution >= 0.6 is 0 Å². The molecule has 6 nitrogen and oxygen atoms in total. The van der Waals surface area contributed by atoms with Gasteiger partial charge in [0.1, 0.15) is 10.8 Å². The molecule has 16 aromatic carbocycles. The molecule has 0 fully saturated rings. The van der Waals surface area contributed by atoms with Gasteiger partial charge in [-0.15, -0.1) is 0 Å². The highest BCUT2D eigenvalue weighted by Crippen LogP contribution is 2.57. The molecule has 6 heteroatoms. The van der Waals surface area contributed by atoms with Crippen molar-refractivity contribution in [1.29, 1.82) is 0 Å². The maximum atomic E-state index is 16.1. The van der Waals surface area contributed by atoms with Gasteiger partial charge in [-0.2, -0.15) is 0 Å². The highest BCUT2D eigenvalue weighted by molar-refractivity contribution is 6.22. The van der Waals surface area contributed by atoms with E-state index in [4.69, 9.17) is 0 Å². The van der Waals surface area contributed by atoms with Crippen molar-refractivity contribution < 1.29 is 19.2 Å². The molecule has 0 radical (unpaired) electrons. The Morgan fingerprint density at radius 2 is 0.401 bits per heavy atom. The fourth-order valence-corrected chi connectivity index (χ4v) is 22.4. The fraction of sp³-hybridized carbons (Fsp3) is 0.265. The van der Waals surface area contributed by atoms with Crippen molar-refractivity contribution in [3.05, 3.63) is 456 Å². The number of nitrogens with zero attached hydrogens (tertiary/aromatic N) is 2. The summed E-state index contributed by atoms with van der Waals surface area (Å²) in [5.74, 6) is -0.120. The standard InChI is InChI=1S/C136H136N2O4/c1-8-12-16-20-39-53-128(139)135(129(140)54-40-21-17-13-9-2)124-93-109(77-89-120(124)122-91-79-111(95-126(122)135)101-73-83-117(84-74-101)137(114-47-33-26-34-48-114)115-49-35-27-36-50-115)99-61-69-107(70-62-99)132(103-43-29-24-30-44-103)105-65-57-97(58-66-105)98-59-67-106(68-60-98)133(104-45-31-25-32-46-104)108-71-63-100(64-72-108)110-78-90-121-123-92-80-112(96-127(123)136(125(121)94-110,130(141)55-41-22-18-14-10-3)131(142)56-42-23-19-15-11-4)102-75-85-118(86-76-102)138(116-51-37-28-38-52-116)119-87-81-113(82-88-119)134(5,6)7/h24-38,43-52,57-96,132-133H,8-23,39-42,53-56H2,1-7H3. The Morgan fingerprint density at radius 1 is 0.211 bits per heavy atom. The highest BCUT2D eigenvalue weighted by Gasteiger charge is 2.55. The first-order chi connectivity index (χ1) is 69.6. The molecule has 2 aliphatic rings. The van der Waals surface area contributed by atoms with Crippen LogP contribution < -0.4 is 9.80 Å². The zero-order valence-corrected chi connectivity index (χ0v) is 84.2. The summed E-state index contributed by atoms with van der Waals surface area (Å²) in [4.78, 5) is 68.9. The van der Waals surface area contributed by atoms with Crippen molar-refractivity contribution in [2.45, 2.75) is 231 Å². The van der Waals surface area contributed by atoms with Crippen LogP contribution in [0.2, 0.25) is 0 Å². The number of hydrogen-bond acceptors (Lipinski definition) is 6. The van der Waals surface area contributed by atoms with Crippen LogP contribution in [-0.2, 0) is 35.4 Å². The lowest BCUT2D eigenvalue weighted by molar-refractivity contribution is -0.135. The van der Waals surface area contributed by atoms with Crippen LogP contribution in [0.3, 0.4) is 0 Å². The second-order valence-corrected chi connectivity index (χ2v) is 40.6. The topological polar surface area (TPSA) is 74.8 Å². The van der Waals surface area contributed by atoms with E-state index in [0.29, 0.717) is 25.7 Å². The minimum absolute atomic E-state index is 0.00844. The number of ketones is 4. The molecule has 0 saturated heterocycles. The quantitative estimate of drug-likeness (QED) is 0.0215. The molecule has 0 heterocycles. The van der Waals surface area contributed by atoms with Crippen molar-refractivity contribution >= 4 is 57.3 Å². The third-order valence-electron chi connectivity index (χ3n) is 30.2. The van der Waals surface area contributed by atoms with Gasteiger partial charge in [0.05, 0.1) is 0 Å². The van der Waals surface area contributed by atoms with E-state index in [1.54, 1.807) is 0 Å². The minimum Gasteiger partial charge on any atom is -0.311 e. The molecule has 0 spiro atoms. The lowest BCUT2D eigenvalue weighted by Crippen LogP contribution is -2.43. The van der Waals surface area contributed by atoms with E-state index in [9.17, 15) is 0 Å². The van der Waals surface area contributed by atoms with E-state index >= 15 is 19.2 Å². The van der Waals surface area contributed by atoms with E-state index in [-0.39, 0.29) is 40.4 Å². The maximum absolute atomic E-state index is 16.1. The van der Waals surface area contributed by atoms with Crippen molar-refractivity contribution in [1.82, 2.24) is 0 Å². The molecule has 2 atom stereocenters. The fourth-order valence-electron chi connectivity index (χ4n) is 22.4. The largest absolute Gasteiger partial charge is 0.311 e. The molecule has 0 aromatic heterocycles. The van der Waals surface area contributed by atoms with Crippen molar-refractivity contribution in [2.75, 3.05) is 9.80 Å². The van der Waals surface area contributed by atoms with Crippen LogP contribution in [0.1, 0.15) is 276 Å². The number of carbonyl (C=O) groups excluding carboxylic acids is 4. The third-order valence-corrected chi connectivity index (χ3v) is 30.2. The summed E-state index contributed by atoms with van der Waals surface area (Å²) in [5, 5.41) is 0. The van der Waals surface area contributed by atoms with E-state index in [2.05, 4.69) is 440 Å². The molecule has 714 valence electrons. The van der Waals surface area contributed by atoms with Crippen molar-refractivity contribution in [3.63, 3.8) is 0 Å². The second-order valence-electron chi connectivity index (χ2n) is 40.6. The summed E-state index contributed by atoms with van der Waals surface area (Å²) >= 11 is 0. The van der Waals surface area contributed by atoms with Crippen LogP contribution in [-0.4, -0.2) is 23.1 Å². The minimum atomic E-state index is -1.48. The van der Waals surface area contributed by atoms with Crippen molar-refractivity contribution in [3.8, 4) is 77.9 Å². The van der Waals surface area contributed by atoms with Gasteiger partial charge in [-0.05, 0) is 267 Å². The molecule has 2 unspecified atom stereocenters. The molecule has 0 saturated carbocycles. The molecular formula is C136H136N2O4. The van der Waals surface area contributed by atoms with Crippen LogP contribution in [0.5, 0.6) is 0 Å². The van der Waals surface area contributed by atoms with Crippen LogP contribution in [0, 0.1) is 0 Å².